The number of carbonyl (C=O) groups is 2. The van der Waals surface area contributed by atoms with Crippen LogP contribution < -0.4 is 11.1 Å². The third kappa shape index (κ3) is 4.19. The minimum atomic E-state index is -0.430. The summed E-state index contributed by atoms with van der Waals surface area (Å²) in [6.45, 7) is 5.54. The first kappa shape index (κ1) is 16.3. The number of nitrogens with zero attached hydrogens (tertiary/aromatic N) is 1. The average Bonchev–Trinajstić information content (AvgIpc) is 2.49. The molecule has 5 nitrogen and oxygen atoms in total. The fraction of sp³-hybridized carbons (Fsp3) is 0.875. The molecule has 2 fully saturated rings. The topological polar surface area (TPSA) is 75.4 Å². The number of hydrogen-bond acceptors (Lipinski definition) is 3. The number of nitrogens with one attached hydrogen (secondary N) is 1. The monoisotopic (exact) mass is 295 g/mol. The molecule has 4 unspecified atom stereocenters. The van der Waals surface area contributed by atoms with Gasteiger partial charge in [0, 0.05) is 25.0 Å². The van der Waals surface area contributed by atoms with Crippen LogP contribution in [-0.2, 0) is 9.59 Å². The molecule has 0 spiro atoms. The molecule has 1 saturated heterocycles. The molecule has 120 valence electrons. The summed E-state index contributed by atoms with van der Waals surface area (Å²) in [5, 5.41) is 2.91. The summed E-state index contributed by atoms with van der Waals surface area (Å²) in [7, 11) is 0. The highest BCUT2D eigenvalue weighted by atomic mass is 16.2. The quantitative estimate of drug-likeness (QED) is 0.823. The normalized spacial score (nSPS) is 31.6. The first-order valence-electron chi connectivity index (χ1n) is 8.33. The number of likely N-dealkylation sites (tertiary alicyclic amines) is 1. The molecule has 1 heterocycles. The number of rotatable bonds is 3. The van der Waals surface area contributed by atoms with Crippen molar-refractivity contribution in [1.29, 1.82) is 0 Å². The molecule has 0 radical (unpaired) electrons. The van der Waals surface area contributed by atoms with Gasteiger partial charge in [-0.25, -0.2) is 0 Å². The van der Waals surface area contributed by atoms with E-state index in [-0.39, 0.29) is 23.8 Å². The van der Waals surface area contributed by atoms with Gasteiger partial charge >= 0.3 is 0 Å². The van der Waals surface area contributed by atoms with Crippen LogP contribution in [0.3, 0.4) is 0 Å². The zero-order valence-electron chi connectivity index (χ0n) is 13.3. The molecule has 2 rings (SSSR count). The lowest BCUT2D eigenvalue weighted by Crippen LogP contribution is -2.51. The predicted octanol–water partition coefficient (Wildman–Crippen LogP) is 1.27. The molecule has 1 aliphatic heterocycles. The summed E-state index contributed by atoms with van der Waals surface area (Å²) in [6.07, 6.45) is 6.06. The highest BCUT2D eigenvalue weighted by molar-refractivity contribution is 5.88. The number of amides is 2. The Morgan fingerprint density at radius 1 is 1.19 bits per heavy atom. The van der Waals surface area contributed by atoms with E-state index in [4.69, 9.17) is 5.73 Å². The lowest BCUT2D eigenvalue weighted by atomic mass is 9.77. The SMILES string of the molecule is CC(NC(=O)C1CC(N)CCC1C)C(=O)N1CCCCC1. The van der Waals surface area contributed by atoms with Gasteiger partial charge in [-0.1, -0.05) is 6.92 Å². The molecule has 0 bridgehead atoms. The fourth-order valence-electron chi connectivity index (χ4n) is 3.49. The van der Waals surface area contributed by atoms with E-state index in [2.05, 4.69) is 12.2 Å². The van der Waals surface area contributed by atoms with Crippen molar-refractivity contribution in [1.82, 2.24) is 10.2 Å². The van der Waals surface area contributed by atoms with E-state index in [1.54, 1.807) is 6.92 Å². The van der Waals surface area contributed by atoms with E-state index in [9.17, 15) is 9.59 Å². The Morgan fingerprint density at radius 2 is 1.86 bits per heavy atom. The van der Waals surface area contributed by atoms with Crippen LogP contribution >= 0.6 is 0 Å². The minimum absolute atomic E-state index is 0.00416. The van der Waals surface area contributed by atoms with Gasteiger partial charge < -0.3 is 16.0 Å². The molecule has 0 aromatic carbocycles. The maximum atomic E-state index is 12.4. The zero-order chi connectivity index (χ0) is 15.4. The van der Waals surface area contributed by atoms with Gasteiger partial charge in [-0.15, -0.1) is 0 Å². The predicted molar refractivity (Wildman–Crippen MR) is 82.5 cm³/mol. The van der Waals surface area contributed by atoms with Gasteiger partial charge in [0.2, 0.25) is 11.8 Å². The van der Waals surface area contributed by atoms with Crippen molar-refractivity contribution in [3.8, 4) is 0 Å². The Hall–Kier alpha value is -1.10. The van der Waals surface area contributed by atoms with Crippen molar-refractivity contribution in [3.05, 3.63) is 0 Å². The Kier molecular flexibility index (Phi) is 5.62. The van der Waals surface area contributed by atoms with Gasteiger partial charge in [0.25, 0.3) is 0 Å². The van der Waals surface area contributed by atoms with Crippen molar-refractivity contribution in [2.45, 2.75) is 64.5 Å². The Morgan fingerprint density at radius 3 is 2.52 bits per heavy atom. The van der Waals surface area contributed by atoms with Crippen LogP contribution in [0.5, 0.6) is 0 Å². The van der Waals surface area contributed by atoms with Crippen LogP contribution in [0, 0.1) is 11.8 Å². The van der Waals surface area contributed by atoms with Crippen LogP contribution in [0.25, 0.3) is 0 Å². The largest absolute Gasteiger partial charge is 0.344 e. The van der Waals surface area contributed by atoms with Crippen molar-refractivity contribution in [2.24, 2.45) is 17.6 Å². The number of carbonyl (C=O) groups excluding carboxylic acids is 2. The number of piperidine rings is 1. The molecule has 1 aliphatic carbocycles. The first-order chi connectivity index (χ1) is 9.99. The molecular weight excluding hydrogens is 266 g/mol. The van der Waals surface area contributed by atoms with E-state index < -0.39 is 6.04 Å². The van der Waals surface area contributed by atoms with Crippen LogP contribution in [0.2, 0.25) is 0 Å². The van der Waals surface area contributed by atoms with Gasteiger partial charge in [0.05, 0.1) is 0 Å². The number of hydrogen-bond donors (Lipinski definition) is 2. The molecule has 2 amide bonds. The van der Waals surface area contributed by atoms with Gasteiger partial charge in [0.15, 0.2) is 0 Å². The summed E-state index contributed by atoms with van der Waals surface area (Å²) in [5.74, 6) is 0.346. The third-order valence-corrected chi connectivity index (χ3v) is 4.97. The van der Waals surface area contributed by atoms with Crippen molar-refractivity contribution < 1.29 is 9.59 Å². The summed E-state index contributed by atoms with van der Waals surface area (Å²) in [5.41, 5.74) is 5.98. The second kappa shape index (κ2) is 7.25. The molecule has 1 saturated carbocycles. The van der Waals surface area contributed by atoms with E-state index in [1.807, 2.05) is 4.90 Å². The Balaban J connectivity index is 1.87. The maximum Gasteiger partial charge on any atom is 0.244 e. The molecule has 0 aromatic heterocycles. The van der Waals surface area contributed by atoms with Crippen LogP contribution in [-0.4, -0.2) is 41.9 Å². The van der Waals surface area contributed by atoms with E-state index in [0.717, 1.165) is 45.2 Å². The van der Waals surface area contributed by atoms with Crippen LogP contribution in [0.15, 0.2) is 0 Å². The minimum Gasteiger partial charge on any atom is -0.344 e. The maximum absolute atomic E-state index is 12.4. The lowest BCUT2D eigenvalue weighted by Gasteiger charge is -2.33. The third-order valence-electron chi connectivity index (χ3n) is 4.97. The van der Waals surface area contributed by atoms with Crippen molar-refractivity contribution in [3.63, 3.8) is 0 Å². The summed E-state index contributed by atoms with van der Waals surface area (Å²) in [6, 6.07) is -0.314. The highest BCUT2D eigenvalue weighted by Gasteiger charge is 2.33. The highest BCUT2D eigenvalue weighted by Crippen LogP contribution is 2.29. The molecule has 21 heavy (non-hydrogen) atoms. The summed E-state index contributed by atoms with van der Waals surface area (Å²) >= 11 is 0. The molecule has 2 aliphatic rings. The smallest absolute Gasteiger partial charge is 0.244 e. The standard InChI is InChI=1S/C16H29N3O2/c1-11-6-7-13(17)10-14(11)15(20)18-12(2)16(21)19-8-4-3-5-9-19/h11-14H,3-10,17H2,1-2H3,(H,18,20). The van der Waals surface area contributed by atoms with Gasteiger partial charge in [-0.2, -0.15) is 0 Å². The Labute approximate surface area is 127 Å². The number of nitrogens with two attached hydrogens (primary N) is 1. The second-order valence-electron chi connectivity index (χ2n) is 6.77. The Bertz CT molecular complexity index is 380. The second-order valence-corrected chi connectivity index (χ2v) is 6.77. The van der Waals surface area contributed by atoms with Gasteiger partial charge in [-0.3, -0.25) is 9.59 Å². The molecule has 5 heteroatoms. The van der Waals surface area contributed by atoms with Crippen LogP contribution in [0.1, 0.15) is 52.4 Å². The zero-order valence-corrected chi connectivity index (χ0v) is 13.3. The van der Waals surface area contributed by atoms with Gasteiger partial charge in [-0.05, 0) is 51.4 Å². The molecule has 0 aromatic rings. The van der Waals surface area contributed by atoms with Crippen molar-refractivity contribution >= 4 is 11.8 Å². The van der Waals surface area contributed by atoms with Gasteiger partial charge in [0.1, 0.15) is 6.04 Å². The summed E-state index contributed by atoms with van der Waals surface area (Å²) < 4.78 is 0. The average molecular weight is 295 g/mol. The van der Waals surface area contributed by atoms with E-state index in [0.29, 0.717) is 5.92 Å². The van der Waals surface area contributed by atoms with Crippen LogP contribution in [0.4, 0.5) is 0 Å². The van der Waals surface area contributed by atoms with Crippen molar-refractivity contribution in [2.75, 3.05) is 13.1 Å². The first-order valence-corrected chi connectivity index (χ1v) is 8.33. The van der Waals surface area contributed by atoms with E-state index >= 15 is 0 Å². The molecule has 4 atom stereocenters. The fourth-order valence-corrected chi connectivity index (χ4v) is 3.49. The molecule has 3 N–H and O–H groups in total. The molecular formula is C16H29N3O2. The lowest BCUT2D eigenvalue weighted by molar-refractivity contribution is -0.138. The summed E-state index contributed by atoms with van der Waals surface area (Å²) in [4.78, 5) is 26.6. The van der Waals surface area contributed by atoms with E-state index in [1.165, 1.54) is 6.42 Å².